The summed E-state index contributed by atoms with van der Waals surface area (Å²) in [5.41, 5.74) is -0.235. The Morgan fingerprint density at radius 3 is 3.03 bits per heavy atom. The zero-order chi connectivity index (χ0) is 26.0. The number of carbonyl (C=O) groups is 2. The number of aliphatic hydroxyl groups excluding tert-OH is 2. The maximum atomic E-state index is 15.9. The number of carbonyl (C=O) groups excluding carboxylic acids is 2. The molecule has 0 spiro atoms. The van der Waals surface area contributed by atoms with Crippen molar-refractivity contribution in [3.63, 3.8) is 0 Å². The first-order valence-corrected chi connectivity index (χ1v) is 10.6. The summed E-state index contributed by atoms with van der Waals surface area (Å²) in [6, 6.07) is 4.09. The Labute approximate surface area is 189 Å². The quantitative estimate of drug-likeness (QED) is 0.310. The van der Waals surface area contributed by atoms with Gasteiger partial charge in [-0.25, -0.2) is 8.96 Å². The van der Waals surface area contributed by atoms with E-state index in [4.69, 9.17) is 34.0 Å². The molecule has 11 nitrogen and oxygen atoms in total. The zero-order valence-corrected chi connectivity index (χ0v) is 17.5. The SMILES string of the molecule is [2H]C([2H])(OP1(=O)OCc2cc(Cl)ccc2O1)[C@@]1(F)O[C@@]([2H])(N2C=C(C=O)C(=O)NC2=C)[C@H](O)[C@@H]1O. The molecule has 14 heteroatoms. The lowest BCUT2D eigenvalue weighted by atomic mass is 10.1. The molecule has 1 unspecified atom stereocenters. The van der Waals surface area contributed by atoms with Gasteiger partial charge in [0.05, 0.1) is 16.3 Å². The molecule has 3 aliphatic heterocycles. The van der Waals surface area contributed by atoms with Crippen molar-refractivity contribution in [2.45, 2.75) is 30.9 Å². The fourth-order valence-corrected chi connectivity index (χ4v) is 4.20. The Balaban J connectivity index is 1.64. The third-order valence-electron chi connectivity index (χ3n) is 4.54. The number of aliphatic hydroxyl groups is 2. The third kappa shape index (κ3) is 4.06. The number of benzene rings is 1. The van der Waals surface area contributed by atoms with Gasteiger partial charge in [0.2, 0.25) is 0 Å². The normalized spacial score (nSPS) is 38.6. The predicted molar refractivity (Wildman–Crippen MR) is 104 cm³/mol. The molecule has 1 saturated heterocycles. The highest BCUT2D eigenvalue weighted by Crippen LogP contribution is 2.55. The topological polar surface area (TPSA) is 144 Å². The van der Waals surface area contributed by atoms with E-state index in [0.29, 0.717) is 21.7 Å². The van der Waals surface area contributed by atoms with Crippen LogP contribution in [0.3, 0.4) is 0 Å². The molecule has 0 saturated carbocycles. The predicted octanol–water partition coefficient (Wildman–Crippen LogP) is 1.10. The standard InChI is InChI=1S/C18H17ClFN2O9P/c1-9-21-16(26)11(6-23)5-22(9)17-14(24)15(25)18(20,30-17)8-29-32(27)28-7-10-4-12(19)2-3-13(10)31-32/h2-6,14-15,17,24-25H,1,7-8H2,(H,21,26)/t14-,15+,17-,18-,32?/m1/s1/i8D2,17D. The second-order valence-corrected chi connectivity index (χ2v) is 8.66. The average Bonchev–Trinajstić information content (AvgIpc) is 2.95. The number of phosphoric acid groups is 1. The van der Waals surface area contributed by atoms with Crippen molar-refractivity contribution < 1.29 is 51.2 Å². The van der Waals surface area contributed by atoms with Gasteiger partial charge in [-0.15, -0.1) is 0 Å². The van der Waals surface area contributed by atoms with E-state index in [0.717, 1.165) is 0 Å². The van der Waals surface area contributed by atoms with Gasteiger partial charge in [-0.05, 0) is 18.2 Å². The summed E-state index contributed by atoms with van der Waals surface area (Å²) in [7, 11) is -4.87. The summed E-state index contributed by atoms with van der Waals surface area (Å²) < 4.78 is 72.9. The molecule has 0 aliphatic carbocycles. The number of amides is 1. The minimum Gasteiger partial charge on any atom is -0.404 e. The van der Waals surface area contributed by atoms with E-state index in [1.54, 1.807) is 0 Å². The van der Waals surface area contributed by atoms with E-state index in [1.165, 1.54) is 18.2 Å². The van der Waals surface area contributed by atoms with Crippen LogP contribution in [0.5, 0.6) is 5.75 Å². The minimum absolute atomic E-state index is 0.0534. The molecule has 5 atom stereocenters. The summed E-state index contributed by atoms with van der Waals surface area (Å²) in [5.74, 6) is -5.48. The Morgan fingerprint density at radius 1 is 1.56 bits per heavy atom. The molecular weight excluding hydrogens is 474 g/mol. The minimum atomic E-state index is -4.87. The van der Waals surface area contributed by atoms with Gasteiger partial charge >= 0.3 is 7.82 Å². The summed E-state index contributed by atoms with van der Waals surface area (Å²) in [5, 5.41) is 23.2. The molecule has 0 bridgehead atoms. The molecule has 1 fully saturated rings. The van der Waals surface area contributed by atoms with Crippen LogP contribution in [0.4, 0.5) is 4.39 Å². The van der Waals surface area contributed by atoms with E-state index in [1.807, 2.05) is 0 Å². The number of aldehydes is 1. The molecule has 0 aromatic heterocycles. The lowest BCUT2D eigenvalue weighted by molar-refractivity contribution is -0.208. The number of rotatable bonds is 5. The number of halogens is 2. The molecule has 3 heterocycles. The number of alkyl halides is 1. The van der Waals surface area contributed by atoms with Crippen molar-refractivity contribution >= 4 is 31.6 Å². The number of nitrogens with one attached hydrogen (secondary N) is 1. The van der Waals surface area contributed by atoms with Crippen molar-refractivity contribution in [2.24, 2.45) is 0 Å². The number of fused-ring (bicyclic) bond motifs is 1. The van der Waals surface area contributed by atoms with Gasteiger partial charge in [-0.2, -0.15) is 0 Å². The lowest BCUT2D eigenvalue weighted by Gasteiger charge is -2.33. The Kier molecular flexibility index (Phi) is 4.94. The van der Waals surface area contributed by atoms with E-state index in [-0.39, 0.29) is 12.0 Å². The Bertz CT molecular complexity index is 1210. The summed E-state index contributed by atoms with van der Waals surface area (Å²) in [6.07, 6.45) is -7.63. The molecule has 3 aliphatic rings. The molecule has 1 aromatic carbocycles. The molecule has 172 valence electrons. The molecule has 1 aromatic rings. The number of ether oxygens (including phenoxy) is 1. The number of nitrogens with zero attached hydrogens (tertiary/aromatic N) is 1. The average molecular weight is 494 g/mol. The first-order valence-electron chi connectivity index (χ1n) is 10.3. The fourth-order valence-electron chi connectivity index (χ4n) is 2.91. The van der Waals surface area contributed by atoms with Gasteiger partial charge in [0.25, 0.3) is 11.8 Å². The lowest BCUT2D eigenvalue weighted by Crippen LogP contribution is -2.48. The van der Waals surface area contributed by atoms with Crippen LogP contribution < -0.4 is 9.84 Å². The van der Waals surface area contributed by atoms with Crippen molar-refractivity contribution in [1.82, 2.24) is 10.2 Å². The number of hydrogen-bond acceptors (Lipinski definition) is 10. The Hall–Kier alpha value is -2.31. The van der Waals surface area contributed by atoms with Crippen molar-refractivity contribution in [1.29, 1.82) is 0 Å². The van der Waals surface area contributed by atoms with Crippen LogP contribution in [-0.2, 0) is 34.5 Å². The smallest absolute Gasteiger partial charge is 0.404 e. The fraction of sp³-hybridized carbons (Fsp3) is 0.333. The molecule has 32 heavy (non-hydrogen) atoms. The summed E-state index contributed by atoms with van der Waals surface area (Å²) >= 11 is 5.85. The van der Waals surface area contributed by atoms with Crippen LogP contribution in [0.15, 0.2) is 42.4 Å². The van der Waals surface area contributed by atoms with Crippen molar-refractivity contribution in [3.8, 4) is 5.75 Å². The first-order chi connectivity index (χ1) is 16.2. The van der Waals surface area contributed by atoms with Gasteiger partial charge in [0.1, 0.15) is 30.3 Å². The highest BCUT2D eigenvalue weighted by Gasteiger charge is 2.58. The van der Waals surface area contributed by atoms with Crippen LogP contribution >= 0.6 is 19.4 Å². The van der Waals surface area contributed by atoms with E-state index in [2.05, 4.69) is 11.9 Å². The first kappa shape index (κ1) is 19.2. The molecule has 0 radical (unpaired) electrons. The Morgan fingerprint density at radius 2 is 2.31 bits per heavy atom. The maximum absolute atomic E-state index is 15.9. The van der Waals surface area contributed by atoms with Crippen LogP contribution in [0, 0.1) is 0 Å². The second kappa shape index (κ2) is 8.23. The monoisotopic (exact) mass is 493 g/mol. The van der Waals surface area contributed by atoms with Crippen LogP contribution in [0.2, 0.25) is 5.02 Å². The van der Waals surface area contributed by atoms with Crippen LogP contribution in [0.1, 0.15) is 9.68 Å². The molecule has 1 amide bonds. The van der Waals surface area contributed by atoms with Crippen LogP contribution in [0.25, 0.3) is 0 Å². The highest BCUT2D eigenvalue weighted by atomic mass is 35.5. The van der Waals surface area contributed by atoms with E-state index < -0.39 is 62.6 Å². The van der Waals surface area contributed by atoms with Crippen molar-refractivity contribution in [3.05, 3.63) is 53.0 Å². The van der Waals surface area contributed by atoms with Crippen LogP contribution in [-0.4, -0.2) is 58.1 Å². The highest BCUT2D eigenvalue weighted by molar-refractivity contribution is 7.49. The summed E-state index contributed by atoms with van der Waals surface area (Å²) in [4.78, 5) is 23.4. The maximum Gasteiger partial charge on any atom is 0.530 e. The van der Waals surface area contributed by atoms with Gasteiger partial charge in [-0.3, -0.25) is 18.6 Å². The third-order valence-corrected chi connectivity index (χ3v) is 5.95. The summed E-state index contributed by atoms with van der Waals surface area (Å²) in [6.45, 7) is -0.862. The van der Waals surface area contributed by atoms with E-state index in [9.17, 15) is 24.4 Å². The molecular formula is C18H17ClFN2O9P. The molecule has 4 rings (SSSR count). The largest absolute Gasteiger partial charge is 0.530 e. The van der Waals surface area contributed by atoms with Gasteiger partial charge in [0.15, 0.2) is 12.5 Å². The van der Waals surface area contributed by atoms with Crippen molar-refractivity contribution in [2.75, 3.05) is 6.56 Å². The number of phosphoric ester groups is 1. The van der Waals surface area contributed by atoms with Gasteiger partial charge in [0, 0.05) is 16.8 Å². The number of hydrogen-bond donors (Lipinski definition) is 3. The molecule has 3 N–H and O–H groups in total. The second-order valence-electron chi connectivity index (χ2n) is 6.71. The van der Waals surface area contributed by atoms with Gasteiger partial charge < -0.3 is 29.7 Å². The van der Waals surface area contributed by atoms with E-state index >= 15 is 4.39 Å². The van der Waals surface area contributed by atoms with Gasteiger partial charge in [-0.1, -0.05) is 18.2 Å². The zero-order valence-electron chi connectivity index (χ0n) is 18.9.